The van der Waals surface area contributed by atoms with Crippen LogP contribution in [0.3, 0.4) is 0 Å². The van der Waals surface area contributed by atoms with Gasteiger partial charge in [-0.2, -0.15) is 0 Å². The van der Waals surface area contributed by atoms with Gasteiger partial charge in [-0.3, -0.25) is 14.4 Å². The lowest BCUT2D eigenvalue weighted by molar-refractivity contribution is -0.121. The number of hydrogen-bond donors (Lipinski definition) is 1. The molecule has 2 N–H and O–H groups in total. The topological polar surface area (TPSA) is 110 Å². The Morgan fingerprint density at radius 1 is 0.829 bits per heavy atom. The number of anilines is 2. The molecule has 0 aliphatic carbocycles. The number of nitrogens with two attached hydrogens (primary N) is 1. The van der Waals surface area contributed by atoms with Crippen LogP contribution in [0.15, 0.2) is 78.4 Å². The van der Waals surface area contributed by atoms with Crippen LogP contribution in [0.4, 0.5) is 16.2 Å². The molecular weight excluding hydrogens is 493 g/mol. The smallest absolute Gasteiger partial charge is 0.343 e. The highest BCUT2D eigenvalue weighted by Gasteiger charge is 2.43. The Labute approximate surface area is 210 Å². The van der Waals surface area contributed by atoms with Gasteiger partial charge >= 0.3 is 6.03 Å². The molecule has 3 aromatic carbocycles. The van der Waals surface area contributed by atoms with Gasteiger partial charge in [-0.1, -0.05) is 59.6 Å². The second-order valence-corrected chi connectivity index (χ2v) is 8.18. The molecule has 1 fully saturated rings. The number of ether oxygens (including phenoxy) is 1. The molecule has 0 aromatic heterocycles. The molecule has 1 saturated heterocycles. The maximum absolute atomic E-state index is 13.4. The standard InChI is InChI=1S/C25H17Cl2N3O5/c26-19-12-15(13-20(27)22(19)35-14-21(28)31)11-18-23(32)29(16-7-3-1-4-8-16)25(34)30(24(18)33)17-9-5-2-6-10-17/h1-13H,14H2,(H2,28,31). The summed E-state index contributed by atoms with van der Waals surface area (Å²) in [6.07, 6.45) is 1.29. The largest absolute Gasteiger partial charge is 0.481 e. The molecular formula is C25H17Cl2N3O5. The molecule has 5 amide bonds. The summed E-state index contributed by atoms with van der Waals surface area (Å²) in [6, 6.07) is 18.5. The first-order valence-corrected chi connectivity index (χ1v) is 11.0. The minimum Gasteiger partial charge on any atom is -0.481 e. The summed E-state index contributed by atoms with van der Waals surface area (Å²) in [5, 5.41) is 0.0782. The lowest BCUT2D eigenvalue weighted by Crippen LogP contribution is -2.57. The molecule has 0 spiro atoms. The van der Waals surface area contributed by atoms with Crippen LogP contribution in [0.1, 0.15) is 5.56 Å². The summed E-state index contributed by atoms with van der Waals surface area (Å²) in [5.74, 6) is -2.30. The molecule has 176 valence electrons. The zero-order chi connectivity index (χ0) is 25.1. The normalized spacial score (nSPS) is 13.8. The Balaban J connectivity index is 1.81. The third-order valence-corrected chi connectivity index (χ3v) is 5.53. The maximum atomic E-state index is 13.4. The van der Waals surface area contributed by atoms with E-state index in [0.717, 1.165) is 9.80 Å². The summed E-state index contributed by atoms with van der Waals surface area (Å²) < 4.78 is 5.23. The van der Waals surface area contributed by atoms with Crippen LogP contribution < -0.4 is 20.3 Å². The van der Waals surface area contributed by atoms with Crippen molar-refractivity contribution in [3.05, 3.63) is 94.0 Å². The molecule has 1 aliphatic heterocycles. The van der Waals surface area contributed by atoms with E-state index in [2.05, 4.69) is 0 Å². The van der Waals surface area contributed by atoms with E-state index in [-0.39, 0.29) is 21.4 Å². The highest BCUT2D eigenvalue weighted by atomic mass is 35.5. The predicted octanol–water partition coefficient (Wildman–Crippen LogP) is 4.44. The van der Waals surface area contributed by atoms with Gasteiger partial charge in [0.2, 0.25) is 0 Å². The minimum absolute atomic E-state index is 0.0302. The summed E-state index contributed by atoms with van der Waals surface area (Å²) in [6.45, 7) is -0.434. The molecule has 0 bridgehead atoms. The number of urea groups is 1. The number of amides is 5. The van der Waals surface area contributed by atoms with Crippen molar-refractivity contribution in [1.29, 1.82) is 0 Å². The first kappa shape index (κ1) is 24.0. The number of hydrogen-bond acceptors (Lipinski definition) is 5. The van der Waals surface area contributed by atoms with E-state index in [1.807, 2.05) is 0 Å². The fourth-order valence-electron chi connectivity index (χ4n) is 3.45. The SMILES string of the molecule is NC(=O)COc1c(Cl)cc(C=C2C(=O)N(c3ccccc3)C(=O)N(c3ccccc3)C2=O)cc1Cl. The minimum atomic E-state index is -0.806. The molecule has 35 heavy (non-hydrogen) atoms. The quantitative estimate of drug-likeness (QED) is 0.390. The van der Waals surface area contributed by atoms with Crippen LogP contribution in [0.5, 0.6) is 5.75 Å². The first-order chi connectivity index (χ1) is 16.8. The van der Waals surface area contributed by atoms with Gasteiger partial charge in [0.05, 0.1) is 21.4 Å². The lowest BCUT2D eigenvalue weighted by atomic mass is 10.0. The second kappa shape index (κ2) is 10.0. The molecule has 8 nitrogen and oxygen atoms in total. The van der Waals surface area contributed by atoms with Crippen molar-refractivity contribution in [1.82, 2.24) is 0 Å². The van der Waals surface area contributed by atoms with E-state index in [4.69, 9.17) is 33.7 Å². The predicted molar refractivity (Wildman–Crippen MR) is 132 cm³/mol. The Bertz CT molecular complexity index is 1270. The number of halogens is 2. The van der Waals surface area contributed by atoms with Crippen molar-refractivity contribution < 1.29 is 23.9 Å². The van der Waals surface area contributed by atoms with Crippen molar-refractivity contribution >= 4 is 64.4 Å². The second-order valence-electron chi connectivity index (χ2n) is 7.36. The summed E-state index contributed by atoms with van der Waals surface area (Å²) in [5.41, 5.74) is 5.71. The zero-order valence-corrected chi connectivity index (χ0v) is 19.5. The zero-order valence-electron chi connectivity index (χ0n) is 18.0. The van der Waals surface area contributed by atoms with Crippen molar-refractivity contribution in [3.8, 4) is 5.75 Å². The number of primary amides is 1. The maximum Gasteiger partial charge on any atom is 0.343 e. The van der Waals surface area contributed by atoms with Gasteiger partial charge in [-0.25, -0.2) is 14.6 Å². The van der Waals surface area contributed by atoms with E-state index in [9.17, 15) is 19.2 Å². The Kier molecular flexibility index (Phi) is 6.86. The Morgan fingerprint density at radius 3 is 1.71 bits per heavy atom. The average Bonchev–Trinajstić information content (AvgIpc) is 2.82. The van der Waals surface area contributed by atoms with E-state index >= 15 is 0 Å². The fourth-order valence-corrected chi connectivity index (χ4v) is 4.06. The van der Waals surface area contributed by atoms with Crippen LogP contribution in [0, 0.1) is 0 Å². The van der Waals surface area contributed by atoms with Crippen molar-refractivity contribution in [2.75, 3.05) is 16.4 Å². The third-order valence-electron chi connectivity index (χ3n) is 4.97. The van der Waals surface area contributed by atoms with Gasteiger partial charge in [0.1, 0.15) is 5.57 Å². The van der Waals surface area contributed by atoms with Gasteiger partial charge in [0.15, 0.2) is 12.4 Å². The van der Waals surface area contributed by atoms with Crippen LogP contribution >= 0.6 is 23.2 Å². The van der Waals surface area contributed by atoms with E-state index in [1.54, 1.807) is 60.7 Å². The third kappa shape index (κ3) is 4.89. The van der Waals surface area contributed by atoms with Gasteiger partial charge in [-0.15, -0.1) is 0 Å². The van der Waals surface area contributed by atoms with Gasteiger partial charge in [0, 0.05) is 0 Å². The summed E-state index contributed by atoms with van der Waals surface area (Å²) in [7, 11) is 0. The van der Waals surface area contributed by atoms with E-state index < -0.39 is 30.4 Å². The number of para-hydroxylation sites is 2. The van der Waals surface area contributed by atoms with E-state index in [1.165, 1.54) is 18.2 Å². The van der Waals surface area contributed by atoms with Gasteiger partial charge < -0.3 is 10.5 Å². The molecule has 3 aromatic rings. The van der Waals surface area contributed by atoms with Crippen molar-refractivity contribution in [2.24, 2.45) is 5.73 Å². The Morgan fingerprint density at radius 2 is 1.29 bits per heavy atom. The van der Waals surface area contributed by atoms with Crippen LogP contribution in [-0.4, -0.2) is 30.4 Å². The summed E-state index contributed by atoms with van der Waals surface area (Å²) in [4.78, 5) is 52.9. The van der Waals surface area contributed by atoms with Gasteiger partial charge in [0.25, 0.3) is 17.7 Å². The van der Waals surface area contributed by atoms with Crippen LogP contribution in [-0.2, 0) is 14.4 Å². The number of imide groups is 2. The number of barbiturate groups is 1. The first-order valence-electron chi connectivity index (χ1n) is 10.2. The molecule has 1 heterocycles. The van der Waals surface area contributed by atoms with Crippen molar-refractivity contribution in [2.45, 2.75) is 0 Å². The number of nitrogens with zero attached hydrogens (tertiary/aromatic N) is 2. The number of rotatable bonds is 6. The van der Waals surface area contributed by atoms with Crippen LogP contribution in [0.25, 0.3) is 6.08 Å². The summed E-state index contributed by atoms with van der Waals surface area (Å²) >= 11 is 12.5. The molecule has 1 aliphatic rings. The molecule has 0 unspecified atom stereocenters. The molecule has 0 atom stereocenters. The van der Waals surface area contributed by atoms with Crippen LogP contribution in [0.2, 0.25) is 10.0 Å². The Hall–Kier alpha value is -4.14. The molecule has 0 radical (unpaired) electrons. The highest BCUT2D eigenvalue weighted by Crippen LogP contribution is 2.36. The number of carbonyl (C=O) groups excluding carboxylic acids is 4. The monoisotopic (exact) mass is 509 g/mol. The molecule has 0 saturated carbocycles. The number of carbonyl (C=O) groups is 4. The van der Waals surface area contributed by atoms with Gasteiger partial charge in [-0.05, 0) is 48.0 Å². The average molecular weight is 510 g/mol. The lowest BCUT2D eigenvalue weighted by Gasteiger charge is -2.33. The molecule has 10 heteroatoms. The fraction of sp³-hybridized carbons (Fsp3) is 0.0400. The van der Waals surface area contributed by atoms with Crippen molar-refractivity contribution in [3.63, 3.8) is 0 Å². The highest BCUT2D eigenvalue weighted by molar-refractivity contribution is 6.46. The molecule has 4 rings (SSSR count). The van der Waals surface area contributed by atoms with E-state index in [0.29, 0.717) is 16.9 Å². The number of benzene rings is 3.